The van der Waals surface area contributed by atoms with Crippen LogP contribution in [0.3, 0.4) is 0 Å². The summed E-state index contributed by atoms with van der Waals surface area (Å²) in [6.45, 7) is 17.2. The molecule has 3 rings (SSSR count). The zero-order valence-corrected chi connectivity index (χ0v) is 32.4. The van der Waals surface area contributed by atoms with Gasteiger partial charge < -0.3 is 53.6 Å². The highest BCUT2D eigenvalue weighted by molar-refractivity contribution is 5.82. The number of nitrogens with two attached hydrogens (primary N) is 3. The highest BCUT2D eigenvalue weighted by Crippen LogP contribution is 2.19. The van der Waals surface area contributed by atoms with Crippen LogP contribution in [0.15, 0.2) is 54.6 Å². The number of phenols is 3. The Bertz CT molecular complexity index is 1550. The summed E-state index contributed by atoms with van der Waals surface area (Å²) in [5.74, 6) is 0.233. The number of hydrogen-bond donors (Lipinski definition) is 8. The predicted molar refractivity (Wildman–Crippen MR) is 224 cm³/mol. The van der Waals surface area contributed by atoms with Crippen LogP contribution in [0.1, 0.15) is 85.7 Å². The van der Waals surface area contributed by atoms with Crippen molar-refractivity contribution in [2.75, 3.05) is 26.7 Å². The van der Waals surface area contributed by atoms with Crippen molar-refractivity contribution >= 4 is 17.8 Å². The van der Waals surface area contributed by atoms with Gasteiger partial charge in [-0.25, -0.2) is 0 Å². The summed E-state index contributed by atoms with van der Waals surface area (Å²) < 4.78 is 54.5. The fourth-order valence-corrected chi connectivity index (χ4v) is 4.71. The molecule has 0 aromatic heterocycles. The molecule has 0 aliphatic heterocycles. The highest BCUT2D eigenvalue weighted by Gasteiger charge is 2.17. The normalized spacial score (nSPS) is 12.4. The molecule has 0 aliphatic carbocycles. The van der Waals surface area contributed by atoms with E-state index in [0.717, 1.165) is 39.9 Å². The van der Waals surface area contributed by atoms with Gasteiger partial charge in [0.2, 0.25) is 11.8 Å². The lowest BCUT2D eigenvalue weighted by Crippen LogP contribution is -2.45. The first kappa shape index (κ1) is 40.1. The van der Waals surface area contributed by atoms with E-state index in [-0.39, 0.29) is 44.1 Å². The van der Waals surface area contributed by atoms with Crippen LogP contribution in [0.25, 0.3) is 6.15 Å². The van der Waals surface area contributed by atoms with Gasteiger partial charge in [0.15, 0.2) is 0 Å². The number of carbonyl (C=O) groups is 3. The van der Waals surface area contributed by atoms with Crippen LogP contribution in [0.5, 0.6) is 17.2 Å². The molecular formula is C39H77N6O7-. The summed E-state index contributed by atoms with van der Waals surface area (Å²) in [4.78, 5) is 34.4. The second kappa shape index (κ2) is 27.0. The number of phenolic OH excluding ortho intramolecular Hbond substituents is 3. The molecule has 3 atom stereocenters. The Morgan fingerprint density at radius 2 is 1.04 bits per heavy atom. The van der Waals surface area contributed by atoms with Crippen LogP contribution >= 0.6 is 0 Å². The third-order valence-corrected chi connectivity index (χ3v) is 7.44. The maximum atomic E-state index is 11.9. The van der Waals surface area contributed by atoms with Gasteiger partial charge in [-0.05, 0) is 112 Å². The molecule has 3 aromatic rings. The summed E-state index contributed by atoms with van der Waals surface area (Å²) in [5, 5.41) is 36.8. The van der Waals surface area contributed by atoms with Gasteiger partial charge in [0.1, 0.15) is 23.3 Å². The van der Waals surface area contributed by atoms with Crippen molar-refractivity contribution in [1.29, 1.82) is 0 Å². The molecule has 13 heteroatoms. The molecule has 0 bridgehead atoms. The fourth-order valence-electron chi connectivity index (χ4n) is 4.71. The lowest BCUT2D eigenvalue weighted by atomic mass is 10.0. The number of aryl methyl sites for hydroxylation is 3. The third kappa shape index (κ3) is 18.5. The van der Waals surface area contributed by atoms with Crippen molar-refractivity contribution in [2.45, 2.75) is 92.8 Å². The topological polar surface area (TPSA) is 243 Å². The van der Waals surface area contributed by atoms with E-state index in [1.807, 2.05) is 66.7 Å². The van der Waals surface area contributed by atoms with E-state index in [4.69, 9.17) is 26.3 Å². The summed E-state index contributed by atoms with van der Waals surface area (Å²) >= 11 is 0. The van der Waals surface area contributed by atoms with Crippen LogP contribution in [0.4, 0.5) is 0 Å². The summed E-state index contributed by atoms with van der Waals surface area (Å²) in [6.07, 6.45) is 1.52. The molecule has 0 radical (unpaired) electrons. The number of aromatic hydroxyl groups is 3. The van der Waals surface area contributed by atoms with Crippen LogP contribution in [-0.4, -0.2) is 78.0 Å². The lowest BCUT2D eigenvalue weighted by Gasteiger charge is -2.17. The number of ether oxygens (including phenoxy) is 1. The lowest BCUT2D eigenvalue weighted by molar-refractivity contribution is -0.142. The smallest absolute Gasteiger partial charge is 0.322 e. The Morgan fingerprint density at radius 3 is 1.38 bits per heavy atom. The number of amides is 2. The number of hydrogen-bond acceptors (Lipinski definition) is 10. The number of esters is 1. The van der Waals surface area contributed by atoms with E-state index in [1.54, 1.807) is 43.3 Å². The van der Waals surface area contributed by atoms with E-state index in [9.17, 15) is 29.7 Å². The fraction of sp³-hybridized carbons (Fsp3) is 0.462. The average molecular weight is 766 g/mol. The Balaban J connectivity index is -0.0000000886. The van der Waals surface area contributed by atoms with E-state index >= 15 is 0 Å². The zero-order chi connectivity index (χ0) is 49.1. The van der Waals surface area contributed by atoms with E-state index in [1.165, 1.54) is 7.11 Å². The number of rotatable bonds is 13. The maximum absolute atomic E-state index is 11.9. The summed E-state index contributed by atoms with van der Waals surface area (Å²) in [6, 6.07) is 14.4. The number of nitrogens with one attached hydrogen (secondary N) is 3. The largest absolute Gasteiger partial charge is 0.693 e. The van der Waals surface area contributed by atoms with Crippen molar-refractivity contribution in [3.05, 3.63) is 94.1 Å². The monoisotopic (exact) mass is 766 g/mol. The van der Waals surface area contributed by atoms with Gasteiger partial charge in [-0.3, -0.25) is 14.4 Å². The Kier molecular flexibility index (Phi) is 20.8. The van der Waals surface area contributed by atoms with Gasteiger partial charge in [0.05, 0.1) is 19.2 Å². The summed E-state index contributed by atoms with van der Waals surface area (Å²) in [7, 11) is 1.31. The van der Waals surface area contributed by atoms with Gasteiger partial charge >= 0.3 is 5.97 Å². The van der Waals surface area contributed by atoms with Crippen LogP contribution in [0.2, 0.25) is 0 Å². The van der Waals surface area contributed by atoms with Crippen LogP contribution in [0, 0.1) is 20.8 Å². The first-order valence-electron chi connectivity index (χ1n) is 22.4. The zero-order valence-electron chi connectivity index (χ0n) is 42.4. The molecule has 0 aliphatic rings. The molecule has 0 spiro atoms. The third-order valence-electron chi connectivity index (χ3n) is 7.44. The number of likely N-dealkylation sites (N-methyl/N-ethyl adjacent to an activating group) is 3. The van der Waals surface area contributed by atoms with Crippen molar-refractivity contribution < 1.29 is 52.1 Å². The predicted octanol–water partition coefficient (Wildman–Crippen LogP) is 6.27. The van der Waals surface area contributed by atoms with Gasteiger partial charge in [-0.1, -0.05) is 57.2 Å². The van der Waals surface area contributed by atoms with E-state index < -0.39 is 18.1 Å². The number of carbonyl (C=O) groups excluding carboxylic acids is 3. The minimum absolute atomic E-state index is 0. The first-order valence-corrected chi connectivity index (χ1v) is 17.4. The minimum atomic E-state index is -0.654. The van der Waals surface area contributed by atoms with Crippen LogP contribution in [-0.2, 0) is 38.4 Å². The van der Waals surface area contributed by atoms with Gasteiger partial charge in [-0.15, -0.1) is 0 Å². The van der Waals surface area contributed by atoms with Crippen molar-refractivity contribution in [2.24, 2.45) is 11.5 Å². The Morgan fingerprint density at radius 1 is 0.673 bits per heavy atom. The van der Waals surface area contributed by atoms with Crippen molar-refractivity contribution in [1.82, 2.24) is 16.0 Å². The number of benzene rings is 3. The second-order valence-electron chi connectivity index (χ2n) is 11.6. The molecule has 0 heterocycles. The molecular weight excluding hydrogens is 664 g/mol. The SMILES string of the molecule is CC.CCNC(=O)[C@@H](N)Cc1ccc(O)c(C)c1.CCNC(=O)[C@H](Cc1ccc(O)c(C)c1)NCC.COC(=O)[C@@H](N)Cc1ccc(O)c(C)c1.[3HH].[3HH].[3H][3H].[3H][3H].[3H][3H].[3H][3H].[3H][3H].[NH2-]. The van der Waals surface area contributed by atoms with Crippen LogP contribution < -0.4 is 27.4 Å². The molecule has 13 nitrogen and oxygen atoms in total. The molecule has 0 saturated carbocycles. The molecule has 2 amide bonds. The minimum Gasteiger partial charge on any atom is -0.693 e. The molecule has 52 heavy (non-hydrogen) atoms. The highest BCUT2D eigenvalue weighted by atomic mass is 16.5. The van der Waals surface area contributed by atoms with Gasteiger partial charge in [0, 0.05) is 30.8 Å². The van der Waals surface area contributed by atoms with Crippen molar-refractivity contribution in [3.8, 4) is 17.2 Å². The Labute approximate surface area is 328 Å². The molecule has 0 unspecified atom stereocenters. The maximum Gasteiger partial charge on any atom is 0.322 e. The standard InChI is InChI=1S/C14H22N2O2.C12H18N2O2.C11H15NO3.C2H6.H2N.7H2/c1-4-15-12(14(18)16-5-2)9-11-6-7-13(17)10(3)8-11;1-3-14-12(16)10(13)7-9-4-5-11(15)8(2)6-9;1-7-5-8(3-4-10(7)13)6-9(12)11(14)15-2;1-2;;;;;;;;/h6-8,12,15,17H,4-5,9H2,1-3H3,(H,16,18);4-6,10,15H,3,7,13H2,1-2H3,(H,14,16);3-5,9,13H,6,12H2,1-2H3;1-2H3;1H2;7*1H/q;;;;-1;;;;;;;/t12-;10-;9-;;;;;;;;;/m000........./s1/i;;;;;5*1+2T;2*1+2. The van der Waals surface area contributed by atoms with Gasteiger partial charge in [-0.2, -0.15) is 0 Å². The first-order chi connectivity index (χ1) is 29.2. The quantitative estimate of drug-likeness (QED) is 0.0906. The Hall–Kier alpha value is -4.69. The average Bonchev–Trinajstić information content (AvgIpc) is 3.29. The summed E-state index contributed by atoms with van der Waals surface area (Å²) in [5.41, 5.74) is 16.7. The molecule has 3 aromatic carbocycles. The number of methoxy groups -OCH3 is 1. The molecule has 12 N–H and O–H groups in total. The van der Waals surface area contributed by atoms with Gasteiger partial charge in [0.25, 0.3) is 0 Å². The molecule has 306 valence electrons. The van der Waals surface area contributed by atoms with Crippen molar-refractivity contribution in [3.63, 3.8) is 0 Å². The molecule has 0 saturated heterocycles. The molecule has 0 fully saturated rings. The second-order valence-corrected chi connectivity index (χ2v) is 11.6. The van der Waals surface area contributed by atoms with E-state index in [2.05, 4.69) is 20.7 Å². The van der Waals surface area contributed by atoms with E-state index in [0.29, 0.717) is 32.4 Å².